The van der Waals surface area contributed by atoms with E-state index in [9.17, 15) is 18.0 Å². The number of hydrogen-bond acceptors (Lipinski definition) is 6. The quantitative estimate of drug-likeness (QED) is 0.344. The Labute approximate surface area is 142 Å². The Morgan fingerprint density at radius 2 is 1.92 bits per heavy atom. The summed E-state index contributed by atoms with van der Waals surface area (Å²) in [5, 5.41) is 0. The van der Waals surface area contributed by atoms with Crippen molar-refractivity contribution in [2.75, 3.05) is 6.54 Å². The molecule has 0 radical (unpaired) electrons. The Hall–Kier alpha value is -1.43. The smallest absolute Gasteiger partial charge is 0.311 e. The zero-order valence-corrected chi connectivity index (χ0v) is 14.8. The summed E-state index contributed by atoms with van der Waals surface area (Å²) >= 11 is 0. The molecule has 0 aromatic carbocycles. The molecule has 1 atom stereocenters. The third kappa shape index (κ3) is 6.99. The van der Waals surface area contributed by atoms with Gasteiger partial charge in [0.15, 0.2) is 0 Å². The van der Waals surface area contributed by atoms with Gasteiger partial charge in [-0.1, -0.05) is 26.2 Å². The Balaban J connectivity index is 2.66. The first-order valence-electron chi connectivity index (χ1n) is 8.06. The Morgan fingerprint density at radius 3 is 2.42 bits per heavy atom. The number of carbonyl (C=O) groups excluding carboxylic acids is 2. The molecular weight excluding hydrogens is 340 g/mol. The summed E-state index contributed by atoms with van der Waals surface area (Å²) in [4.78, 5) is 25.5. The highest BCUT2D eigenvalue weighted by molar-refractivity contribution is 7.80. The second kappa shape index (κ2) is 9.77. The van der Waals surface area contributed by atoms with E-state index in [1.54, 1.807) is 12.4 Å². The maximum Gasteiger partial charge on any atom is 0.418 e. The number of amides is 3. The summed E-state index contributed by atoms with van der Waals surface area (Å²) in [6.45, 7) is 3.67. The van der Waals surface area contributed by atoms with Crippen LogP contribution in [0.4, 0.5) is 4.79 Å². The second-order valence-electron chi connectivity index (χ2n) is 5.62. The van der Waals surface area contributed by atoms with Gasteiger partial charge in [-0.05, 0) is 26.2 Å². The summed E-state index contributed by atoms with van der Waals surface area (Å²) in [5.74, 6) is -0.382. The minimum absolute atomic E-state index is 0.155. The van der Waals surface area contributed by atoms with Crippen LogP contribution in [-0.2, 0) is 19.5 Å². The topological polar surface area (TPSA) is 137 Å². The molecule has 4 N–H and O–H groups in total. The molecule has 10 nitrogen and oxygen atoms in total. The van der Waals surface area contributed by atoms with Crippen molar-refractivity contribution in [2.24, 2.45) is 0 Å². The predicted molar refractivity (Wildman–Crippen MR) is 85.8 cm³/mol. The number of urea groups is 1. The van der Waals surface area contributed by atoms with Crippen molar-refractivity contribution < 1.29 is 26.8 Å². The molecule has 1 rings (SSSR count). The van der Waals surface area contributed by atoms with Gasteiger partial charge in [0.2, 0.25) is 0 Å². The summed E-state index contributed by atoms with van der Waals surface area (Å²) < 4.78 is 33.4. The van der Waals surface area contributed by atoms with Crippen LogP contribution in [0.5, 0.6) is 0 Å². The maximum absolute atomic E-state index is 12.4. The first-order valence-corrected chi connectivity index (χ1v) is 9.42. The van der Waals surface area contributed by atoms with Gasteiger partial charge >= 0.3 is 16.4 Å². The van der Waals surface area contributed by atoms with Gasteiger partial charge in [-0.25, -0.2) is 10.2 Å². The molecule has 24 heavy (non-hydrogen) atoms. The molecule has 1 fully saturated rings. The van der Waals surface area contributed by atoms with Gasteiger partial charge in [-0.3, -0.25) is 14.8 Å². The lowest BCUT2D eigenvalue weighted by atomic mass is 10.1. The number of hydrazine groups is 1. The van der Waals surface area contributed by atoms with Gasteiger partial charge in [0.1, 0.15) is 6.04 Å². The van der Waals surface area contributed by atoms with Crippen molar-refractivity contribution in [3.8, 4) is 0 Å². The SMILES string of the molecule is CCC[C@@H](C(=O)NNC1CCCC1)N(CC)C(=O)NOS(=O)(=O)O. The van der Waals surface area contributed by atoms with Crippen LogP contribution in [0.25, 0.3) is 0 Å². The van der Waals surface area contributed by atoms with Gasteiger partial charge in [-0.2, -0.15) is 13.9 Å². The molecule has 0 aliphatic heterocycles. The molecule has 0 heterocycles. The molecule has 0 aromatic heterocycles. The summed E-state index contributed by atoms with van der Waals surface area (Å²) in [6.07, 6.45) is 5.23. The van der Waals surface area contributed by atoms with Crippen LogP contribution < -0.4 is 16.3 Å². The Kier molecular flexibility index (Phi) is 8.39. The molecule has 0 spiro atoms. The number of rotatable bonds is 9. The third-order valence-corrected chi connectivity index (χ3v) is 4.13. The minimum Gasteiger partial charge on any atom is -0.311 e. The number of hydrogen-bond donors (Lipinski definition) is 4. The average Bonchev–Trinajstić information content (AvgIpc) is 3.03. The minimum atomic E-state index is -4.81. The Morgan fingerprint density at radius 1 is 1.29 bits per heavy atom. The second-order valence-corrected chi connectivity index (χ2v) is 6.65. The first kappa shape index (κ1) is 20.6. The number of carbonyl (C=O) groups is 2. The van der Waals surface area contributed by atoms with E-state index in [4.69, 9.17) is 4.55 Å². The molecule has 140 valence electrons. The van der Waals surface area contributed by atoms with Crippen molar-refractivity contribution >= 4 is 22.3 Å². The van der Waals surface area contributed by atoms with E-state index in [0.29, 0.717) is 12.8 Å². The predicted octanol–water partition coefficient (Wildman–Crippen LogP) is 0.484. The zero-order valence-electron chi connectivity index (χ0n) is 13.9. The third-order valence-electron chi connectivity index (χ3n) is 3.83. The highest BCUT2D eigenvalue weighted by Gasteiger charge is 2.29. The zero-order chi connectivity index (χ0) is 18.2. The normalized spacial score (nSPS) is 16.6. The highest BCUT2D eigenvalue weighted by atomic mass is 32.3. The van der Waals surface area contributed by atoms with E-state index in [-0.39, 0.29) is 18.5 Å². The van der Waals surface area contributed by atoms with Crippen LogP contribution >= 0.6 is 0 Å². The van der Waals surface area contributed by atoms with Gasteiger partial charge in [0.25, 0.3) is 5.91 Å². The fourth-order valence-corrected chi connectivity index (χ4v) is 2.86. The standard InChI is InChI=1S/C13H26N4O6S/c1-3-7-11(12(18)15-14-10-8-5-6-9-10)17(4-2)13(19)16-23-24(20,21)22/h10-11,14H,3-9H2,1-2H3,(H,15,18)(H,16,19)(H,20,21,22)/t11-/m0/s1. The molecule has 0 aromatic rings. The van der Waals surface area contributed by atoms with Crippen LogP contribution in [-0.4, -0.2) is 48.4 Å². The Bertz CT molecular complexity index is 521. The highest BCUT2D eigenvalue weighted by Crippen LogP contribution is 2.17. The lowest BCUT2D eigenvalue weighted by Gasteiger charge is -2.29. The van der Waals surface area contributed by atoms with Crippen molar-refractivity contribution in [3.05, 3.63) is 0 Å². The molecule has 0 saturated heterocycles. The van der Waals surface area contributed by atoms with E-state index >= 15 is 0 Å². The summed E-state index contributed by atoms with van der Waals surface area (Å²) in [7, 11) is -4.81. The van der Waals surface area contributed by atoms with E-state index < -0.39 is 22.5 Å². The lowest BCUT2D eigenvalue weighted by Crippen LogP contribution is -2.56. The van der Waals surface area contributed by atoms with E-state index in [1.807, 2.05) is 6.92 Å². The van der Waals surface area contributed by atoms with Crippen LogP contribution in [0.3, 0.4) is 0 Å². The molecule has 0 unspecified atom stereocenters. The van der Waals surface area contributed by atoms with E-state index in [0.717, 1.165) is 30.6 Å². The lowest BCUT2D eigenvalue weighted by molar-refractivity contribution is -0.127. The van der Waals surface area contributed by atoms with E-state index in [2.05, 4.69) is 15.1 Å². The number of nitrogens with zero attached hydrogens (tertiary/aromatic N) is 1. The molecule has 0 bridgehead atoms. The summed E-state index contributed by atoms with van der Waals surface area (Å²) in [5.41, 5.74) is 7.22. The fraction of sp³-hybridized carbons (Fsp3) is 0.846. The molecule has 11 heteroatoms. The number of nitrogens with one attached hydrogen (secondary N) is 3. The fourth-order valence-electron chi connectivity index (χ4n) is 2.68. The molecule has 1 aliphatic rings. The molecule has 1 saturated carbocycles. The van der Waals surface area contributed by atoms with Crippen molar-refractivity contribution in [1.82, 2.24) is 21.2 Å². The average molecular weight is 366 g/mol. The summed E-state index contributed by atoms with van der Waals surface area (Å²) in [6, 6.07) is -1.49. The number of likely N-dealkylation sites (N-methyl/N-ethyl adjacent to an activating group) is 1. The number of hydroxylamine groups is 1. The van der Waals surface area contributed by atoms with Gasteiger partial charge < -0.3 is 4.90 Å². The van der Waals surface area contributed by atoms with Crippen LogP contribution in [0.2, 0.25) is 0 Å². The van der Waals surface area contributed by atoms with E-state index in [1.165, 1.54) is 0 Å². The molecular formula is C13H26N4O6S. The van der Waals surface area contributed by atoms with Crippen LogP contribution in [0, 0.1) is 0 Å². The largest absolute Gasteiger partial charge is 0.418 e. The van der Waals surface area contributed by atoms with Gasteiger partial charge in [0.05, 0.1) is 0 Å². The van der Waals surface area contributed by atoms with Crippen molar-refractivity contribution in [3.63, 3.8) is 0 Å². The van der Waals surface area contributed by atoms with Gasteiger partial charge in [-0.15, -0.1) is 4.28 Å². The molecule has 1 aliphatic carbocycles. The maximum atomic E-state index is 12.4. The first-order chi connectivity index (χ1) is 11.3. The van der Waals surface area contributed by atoms with Crippen molar-refractivity contribution in [1.29, 1.82) is 0 Å². The van der Waals surface area contributed by atoms with Crippen LogP contribution in [0.15, 0.2) is 0 Å². The molecule has 3 amide bonds. The van der Waals surface area contributed by atoms with Crippen molar-refractivity contribution in [2.45, 2.75) is 64.5 Å². The van der Waals surface area contributed by atoms with Gasteiger partial charge in [0, 0.05) is 12.6 Å². The van der Waals surface area contributed by atoms with Crippen LogP contribution in [0.1, 0.15) is 52.4 Å². The monoisotopic (exact) mass is 366 g/mol.